The van der Waals surface area contributed by atoms with E-state index in [1.165, 1.54) is 11.8 Å². The highest BCUT2D eigenvalue weighted by molar-refractivity contribution is 8.00. The summed E-state index contributed by atoms with van der Waals surface area (Å²) >= 11 is 1.29. The summed E-state index contributed by atoms with van der Waals surface area (Å²) in [6.45, 7) is 3.32. The third-order valence-electron chi connectivity index (χ3n) is 4.45. The van der Waals surface area contributed by atoms with Gasteiger partial charge in [0.1, 0.15) is 19.0 Å². The average molecular weight is 427 g/mol. The first-order chi connectivity index (χ1) is 14.6. The predicted octanol–water partition coefficient (Wildman–Crippen LogP) is 2.62. The average Bonchev–Trinajstić information content (AvgIpc) is 3.20. The molecule has 1 unspecified atom stereocenters. The van der Waals surface area contributed by atoms with Crippen molar-refractivity contribution in [2.45, 2.75) is 23.9 Å². The molecule has 4 rings (SSSR count). The monoisotopic (exact) mass is 427 g/mol. The number of carbonyl (C=O) groups excluding carboxylic acids is 1. The molecule has 2 heterocycles. The number of methoxy groups -OCH3 is 1. The van der Waals surface area contributed by atoms with Gasteiger partial charge in [0.05, 0.1) is 18.9 Å². The summed E-state index contributed by atoms with van der Waals surface area (Å²) in [4.78, 5) is 12.7. The molecule has 0 fully saturated rings. The number of hydrogen-bond donors (Lipinski definition) is 1. The van der Waals surface area contributed by atoms with Crippen LogP contribution in [-0.2, 0) is 11.3 Å². The van der Waals surface area contributed by atoms with E-state index >= 15 is 0 Å². The number of fused-ring (bicyclic) bond motifs is 1. The lowest BCUT2D eigenvalue weighted by molar-refractivity contribution is -0.115. The minimum absolute atomic E-state index is 0.157. The van der Waals surface area contributed by atoms with Crippen LogP contribution in [0.5, 0.6) is 17.2 Å². The predicted molar refractivity (Wildman–Crippen MR) is 111 cm³/mol. The van der Waals surface area contributed by atoms with Gasteiger partial charge >= 0.3 is 0 Å². The molecule has 1 aliphatic heterocycles. The molecule has 0 saturated carbocycles. The maximum atomic E-state index is 12.7. The van der Waals surface area contributed by atoms with Crippen LogP contribution in [0.15, 0.2) is 47.6 Å². The zero-order valence-electron chi connectivity index (χ0n) is 16.6. The van der Waals surface area contributed by atoms with Crippen LogP contribution in [0, 0.1) is 0 Å². The summed E-state index contributed by atoms with van der Waals surface area (Å²) in [5, 5.41) is 14.9. The molecule has 0 radical (unpaired) electrons. The highest BCUT2D eigenvalue weighted by Gasteiger charge is 2.20. The zero-order valence-corrected chi connectivity index (χ0v) is 17.4. The second-order valence-electron chi connectivity index (χ2n) is 6.57. The van der Waals surface area contributed by atoms with Gasteiger partial charge in [0.2, 0.25) is 11.1 Å². The van der Waals surface area contributed by atoms with E-state index in [9.17, 15) is 4.79 Å². The molecule has 1 amide bonds. The number of ether oxygens (including phenoxy) is 3. The van der Waals surface area contributed by atoms with Gasteiger partial charge in [-0.1, -0.05) is 23.9 Å². The number of rotatable bonds is 7. The normalized spacial score (nSPS) is 13.5. The topological polar surface area (TPSA) is 100 Å². The summed E-state index contributed by atoms with van der Waals surface area (Å²) in [6.07, 6.45) is 0. The lowest BCUT2D eigenvalue weighted by atomic mass is 10.2. The third kappa shape index (κ3) is 4.65. The van der Waals surface area contributed by atoms with Crippen LogP contribution in [0.1, 0.15) is 12.5 Å². The van der Waals surface area contributed by atoms with Gasteiger partial charge in [-0.15, -0.1) is 5.10 Å². The van der Waals surface area contributed by atoms with Crippen LogP contribution in [0.3, 0.4) is 0 Å². The SMILES string of the molecule is COc1ccc(Cn2nnnc2SC(C)C(=O)Nc2ccc3c(c2)OCCO3)cc1. The first-order valence-corrected chi connectivity index (χ1v) is 10.3. The minimum Gasteiger partial charge on any atom is -0.497 e. The van der Waals surface area contributed by atoms with Crippen LogP contribution in [0.2, 0.25) is 0 Å². The highest BCUT2D eigenvalue weighted by Crippen LogP contribution is 2.33. The van der Waals surface area contributed by atoms with Crippen molar-refractivity contribution in [3.8, 4) is 17.2 Å². The summed E-state index contributed by atoms with van der Waals surface area (Å²) in [6, 6.07) is 13.0. The molecule has 1 aromatic heterocycles. The van der Waals surface area contributed by atoms with Crippen molar-refractivity contribution in [3.63, 3.8) is 0 Å². The van der Waals surface area contributed by atoms with Crippen molar-refractivity contribution < 1.29 is 19.0 Å². The van der Waals surface area contributed by atoms with Gasteiger partial charge < -0.3 is 19.5 Å². The van der Waals surface area contributed by atoms with Crippen LogP contribution < -0.4 is 19.5 Å². The van der Waals surface area contributed by atoms with E-state index in [0.29, 0.717) is 42.1 Å². The Labute approximate surface area is 177 Å². The van der Waals surface area contributed by atoms with Crippen LogP contribution in [0.25, 0.3) is 0 Å². The molecule has 156 valence electrons. The highest BCUT2D eigenvalue weighted by atomic mass is 32.2. The number of thioether (sulfide) groups is 1. The Bertz CT molecular complexity index is 1020. The van der Waals surface area contributed by atoms with Crippen molar-refractivity contribution in [1.29, 1.82) is 0 Å². The number of benzene rings is 2. The Morgan fingerprint density at radius 2 is 1.97 bits per heavy atom. The smallest absolute Gasteiger partial charge is 0.237 e. The fraction of sp³-hybridized carbons (Fsp3) is 0.300. The second-order valence-corrected chi connectivity index (χ2v) is 7.88. The van der Waals surface area contributed by atoms with Crippen molar-refractivity contribution in [2.75, 3.05) is 25.6 Å². The largest absolute Gasteiger partial charge is 0.497 e. The third-order valence-corrected chi connectivity index (χ3v) is 5.52. The Balaban J connectivity index is 1.38. The molecular formula is C20H21N5O4S. The van der Waals surface area contributed by atoms with Gasteiger partial charge in [-0.25, -0.2) is 4.68 Å². The first kappa shape index (κ1) is 20.0. The van der Waals surface area contributed by atoms with E-state index in [4.69, 9.17) is 14.2 Å². The van der Waals surface area contributed by atoms with Crippen LogP contribution in [-0.4, -0.2) is 51.7 Å². The second kappa shape index (κ2) is 9.04. The first-order valence-electron chi connectivity index (χ1n) is 9.38. The number of amides is 1. The number of anilines is 1. The number of nitrogens with one attached hydrogen (secondary N) is 1. The zero-order chi connectivity index (χ0) is 20.9. The van der Waals surface area contributed by atoms with E-state index in [2.05, 4.69) is 20.8 Å². The standard InChI is InChI=1S/C20H21N5O4S/c1-13(19(26)21-15-5-8-17-18(11-15)29-10-9-28-17)30-20-22-23-24-25(20)12-14-3-6-16(27-2)7-4-14/h3-8,11,13H,9-10,12H2,1-2H3,(H,21,26). The summed E-state index contributed by atoms with van der Waals surface area (Å²) in [5.41, 5.74) is 1.67. The fourth-order valence-corrected chi connectivity index (χ4v) is 3.65. The van der Waals surface area contributed by atoms with Gasteiger partial charge in [-0.2, -0.15) is 0 Å². The maximum Gasteiger partial charge on any atom is 0.237 e. The number of carbonyl (C=O) groups is 1. The fourth-order valence-electron chi connectivity index (χ4n) is 2.86. The van der Waals surface area contributed by atoms with Gasteiger partial charge in [-0.3, -0.25) is 4.79 Å². The lowest BCUT2D eigenvalue weighted by Crippen LogP contribution is -2.23. The summed E-state index contributed by atoms with van der Waals surface area (Å²) in [7, 11) is 1.63. The quantitative estimate of drug-likeness (QED) is 0.575. The number of tetrazole rings is 1. The molecule has 0 saturated heterocycles. The molecule has 3 aromatic rings. The Hall–Kier alpha value is -3.27. The Morgan fingerprint density at radius 3 is 2.73 bits per heavy atom. The number of hydrogen-bond acceptors (Lipinski definition) is 8. The van der Waals surface area contributed by atoms with Crippen molar-refractivity contribution in [1.82, 2.24) is 20.2 Å². The molecule has 10 heteroatoms. The molecule has 1 atom stereocenters. The molecular weight excluding hydrogens is 406 g/mol. The van der Waals surface area contributed by atoms with E-state index in [1.807, 2.05) is 31.2 Å². The molecule has 0 aliphatic carbocycles. The maximum absolute atomic E-state index is 12.7. The van der Waals surface area contributed by atoms with Gasteiger partial charge in [0, 0.05) is 11.8 Å². The summed E-state index contributed by atoms with van der Waals surface area (Å²) in [5.74, 6) is 1.94. The molecule has 30 heavy (non-hydrogen) atoms. The van der Waals surface area contributed by atoms with Crippen molar-refractivity contribution in [3.05, 3.63) is 48.0 Å². The lowest BCUT2D eigenvalue weighted by Gasteiger charge is -2.19. The van der Waals surface area contributed by atoms with Gasteiger partial charge in [0.15, 0.2) is 11.5 Å². The Morgan fingerprint density at radius 1 is 1.20 bits per heavy atom. The van der Waals surface area contributed by atoms with Gasteiger partial charge in [0.25, 0.3) is 0 Å². The van der Waals surface area contributed by atoms with E-state index in [0.717, 1.165) is 11.3 Å². The molecule has 0 bridgehead atoms. The van der Waals surface area contributed by atoms with E-state index < -0.39 is 5.25 Å². The van der Waals surface area contributed by atoms with Crippen molar-refractivity contribution >= 4 is 23.4 Å². The molecule has 1 aliphatic rings. The number of nitrogens with zero attached hydrogens (tertiary/aromatic N) is 4. The van der Waals surface area contributed by atoms with Crippen LogP contribution in [0.4, 0.5) is 5.69 Å². The molecule has 2 aromatic carbocycles. The van der Waals surface area contributed by atoms with E-state index in [1.54, 1.807) is 30.0 Å². The van der Waals surface area contributed by atoms with Gasteiger partial charge in [-0.05, 0) is 47.2 Å². The molecule has 1 N–H and O–H groups in total. The van der Waals surface area contributed by atoms with Crippen molar-refractivity contribution in [2.24, 2.45) is 0 Å². The van der Waals surface area contributed by atoms with Crippen LogP contribution >= 0.6 is 11.8 Å². The minimum atomic E-state index is -0.404. The summed E-state index contributed by atoms with van der Waals surface area (Å²) < 4.78 is 17.9. The van der Waals surface area contributed by atoms with E-state index in [-0.39, 0.29) is 5.91 Å². The molecule has 9 nitrogen and oxygen atoms in total. The Kier molecular flexibility index (Phi) is 6.03. The number of aromatic nitrogens is 4. The molecule has 0 spiro atoms.